The molecule has 0 spiro atoms. The second-order valence-corrected chi connectivity index (χ2v) is 4.22. The van der Waals surface area contributed by atoms with Gasteiger partial charge in [-0.1, -0.05) is 13.8 Å². The molecule has 0 radical (unpaired) electrons. The maximum Gasteiger partial charge on any atom is 0.408 e. The molecule has 0 aliphatic rings. The molecule has 1 aromatic heterocycles. The molecular weight excluding hydrogens is 219 g/mol. The van der Waals surface area contributed by atoms with Gasteiger partial charge in [-0.2, -0.15) is 18.3 Å². The van der Waals surface area contributed by atoms with Crippen LogP contribution in [0.25, 0.3) is 0 Å². The zero-order valence-electron chi connectivity index (χ0n) is 9.54. The largest absolute Gasteiger partial charge is 0.408 e. The van der Waals surface area contributed by atoms with Crippen molar-refractivity contribution in [2.75, 3.05) is 5.32 Å². The molecule has 6 heteroatoms. The first-order chi connectivity index (χ1) is 7.28. The Hall–Kier alpha value is -1.20. The van der Waals surface area contributed by atoms with Crippen LogP contribution in [0.2, 0.25) is 0 Å². The first-order valence-corrected chi connectivity index (χ1v) is 5.13. The van der Waals surface area contributed by atoms with Gasteiger partial charge in [0, 0.05) is 12.2 Å². The number of nitrogens with zero attached hydrogens (tertiary/aromatic N) is 2. The summed E-state index contributed by atoms with van der Waals surface area (Å²) < 4.78 is 37.1. The van der Waals surface area contributed by atoms with Crippen molar-refractivity contribution in [3.63, 3.8) is 0 Å². The summed E-state index contributed by atoms with van der Waals surface area (Å²) in [5.41, 5.74) is 0.616. The molecule has 16 heavy (non-hydrogen) atoms. The van der Waals surface area contributed by atoms with Crippen molar-refractivity contribution in [2.45, 2.75) is 39.5 Å². The van der Waals surface area contributed by atoms with Gasteiger partial charge in [-0.15, -0.1) is 0 Å². The number of anilines is 1. The minimum absolute atomic E-state index is 0.198. The molecule has 3 nitrogen and oxygen atoms in total. The van der Waals surface area contributed by atoms with Crippen LogP contribution in [0.5, 0.6) is 0 Å². The number of hydrogen-bond donors (Lipinski definition) is 1. The molecule has 0 bridgehead atoms. The normalized spacial score (nSPS) is 14.2. The number of halogens is 3. The average molecular weight is 235 g/mol. The van der Waals surface area contributed by atoms with Crippen molar-refractivity contribution < 1.29 is 13.2 Å². The molecule has 0 aromatic carbocycles. The van der Waals surface area contributed by atoms with Crippen LogP contribution in [0.1, 0.15) is 20.8 Å². The van der Waals surface area contributed by atoms with Crippen LogP contribution in [0.4, 0.5) is 18.9 Å². The lowest BCUT2D eigenvalue weighted by molar-refractivity contribution is -0.142. The van der Waals surface area contributed by atoms with E-state index in [0.29, 0.717) is 11.6 Å². The van der Waals surface area contributed by atoms with Gasteiger partial charge in [-0.3, -0.25) is 4.68 Å². The van der Waals surface area contributed by atoms with Gasteiger partial charge in [0.05, 0.1) is 11.9 Å². The van der Waals surface area contributed by atoms with E-state index in [1.807, 2.05) is 20.8 Å². The Bertz CT molecular complexity index is 330. The SMILES string of the molecule is CC(C)C(C)Nc1cnn(CC(F)(F)F)c1. The lowest BCUT2D eigenvalue weighted by Gasteiger charge is -2.17. The van der Waals surface area contributed by atoms with E-state index in [1.54, 1.807) is 0 Å². The molecule has 1 unspecified atom stereocenters. The number of aromatic nitrogens is 2. The van der Waals surface area contributed by atoms with Crippen molar-refractivity contribution >= 4 is 5.69 Å². The zero-order chi connectivity index (χ0) is 12.3. The molecule has 1 aromatic rings. The monoisotopic (exact) mass is 235 g/mol. The molecule has 0 fully saturated rings. The lowest BCUT2D eigenvalue weighted by Crippen LogP contribution is -2.21. The Morgan fingerprint density at radius 3 is 2.50 bits per heavy atom. The molecule has 0 amide bonds. The third-order valence-electron chi connectivity index (χ3n) is 2.37. The Kier molecular flexibility index (Phi) is 3.83. The first kappa shape index (κ1) is 12.9. The summed E-state index contributed by atoms with van der Waals surface area (Å²) in [4.78, 5) is 0. The standard InChI is InChI=1S/C10H16F3N3/c1-7(2)8(3)15-9-4-14-16(5-9)6-10(11,12)13/h4-5,7-8,15H,6H2,1-3H3. The van der Waals surface area contributed by atoms with E-state index in [-0.39, 0.29) is 6.04 Å². The molecule has 1 heterocycles. The maximum atomic E-state index is 12.1. The molecule has 0 aliphatic carbocycles. The van der Waals surface area contributed by atoms with E-state index in [1.165, 1.54) is 12.4 Å². The second kappa shape index (κ2) is 4.76. The number of hydrogen-bond acceptors (Lipinski definition) is 2. The highest BCUT2D eigenvalue weighted by atomic mass is 19.4. The molecule has 1 rings (SSSR count). The van der Waals surface area contributed by atoms with Gasteiger partial charge >= 0.3 is 6.18 Å². The quantitative estimate of drug-likeness (QED) is 0.869. The minimum atomic E-state index is -4.23. The van der Waals surface area contributed by atoms with E-state index >= 15 is 0 Å². The summed E-state index contributed by atoms with van der Waals surface area (Å²) in [6.45, 7) is 5.01. The van der Waals surface area contributed by atoms with Gasteiger partial charge in [0.1, 0.15) is 6.54 Å². The predicted octanol–water partition coefficient (Wildman–Crippen LogP) is 2.90. The smallest absolute Gasteiger partial charge is 0.380 e. The third kappa shape index (κ3) is 4.12. The fourth-order valence-electron chi connectivity index (χ4n) is 1.14. The Balaban J connectivity index is 2.58. The lowest BCUT2D eigenvalue weighted by atomic mass is 10.1. The van der Waals surface area contributed by atoms with Crippen molar-refractivity contribution in [2.24, 2.45) is 5.92 Å². The molecule has 0 aliphatic heterocycles. The highest BCUT2D eigenvalue weighted by Crippen LogP contribution is 2.18. The van der Waals surface area contributed by atoms with Crippen LogP contribution < -0.4 is 5.32 Å². The van der Waals surface area contributed by atoms with Crippen LogP contribution in [-0.2, 0) is 6.54 Å². The van der Waals surface area contributed by atoms with E-state index in [0.717, 1.165) is 4.68 Å². The van der Waals surface area contributed by atoms with Crippen LogP contribution in [0, 0.1) is 5.92 Å². The summed E-state index contributed by atoms with van der Waals surface area (Å²) in [5, 5.41) is 6.74. The van der Waals surface area contributed by atoms with Crippen molar-refractivity contribution in [1.82, 2.24) is 9.78 Å². The number of alkyl halides is 3. The van der Waals surface area contributed by atoms with E-state index < -0.39 is 12.7 Å². The highest BCUT2D eigenvalue weighted by Gasteiger charge is 2.28. The zero-order valence-corrected chi connectivity index (χ0v) is 9.54. The van der Waals surface area contributed by atoms with Gasteiger partial charge in [-0.05, 0) is 12.8 Å². The van der Waals surface area contributed by atoms with Crippen LogP contribution in [-0.4, -0.2) is 22.0 Å². The Morgan fingerprint density at radius 2 is 2.00 bits per heavy atom. The third-order valence-corrected chi connectivity index (χ3v) is 2.37. The fourth-order valence-corrected chi connectivity index (χ4v) is 1.14. The van der Waals surface area contributed by atoms with Crippen molar-refractivity contribution in [3.8, 4) is 0 Å². The van der Waals surface area contributed by atoms with Gasteiger partial charge in [-0.25, -0.2) is 0 Å². The molecule has 1 atom stereocenters. The van der Waals surface area contributed by atoms with Gasteiger partial charge < -0.3 is 5.32 Å². The second-order valence-electron chi connectivity index (χ2n) is 4.22. The molecular formula is C10H16F3N3. The van der Waals surface area contributed by atoms with Crippen molar-refractivity contribution in [3.05, 3.63) is 12.4 Å². The fraction of sp³-hybridized carbons (Fsp3) is 0.700. The molecule has 0 saturated carbocycles. The summed E-state index contributed by atoms with van der Waals surface area (Å²) in [7, 11) is 0. The van der Waals surface area contributed by atoms with Gasteiger partial charge in [0.2, 0.25) is 0 Å². The van der Waals surface area contributed by atoms with E-state index in [4.69, 9.17) is 0 Å². The highest BCUT2D eigenvalue weighted by molar-refractivity contribution is 5.39. The van der Waals surface area contributed by atoms with Crippen LogP contribution in [0.15, 0.2) is 12.4 Å². The molecule has 0 saturated heterocycles. The van der Waals surface area contributed by atoms with Crippen LogP contribution in [0.3, 0.4) is 0 Å². The summed E-state index contributed by atoms with van der Waals surface area (Å²) in [6, 6.07) is 0.198. The van der Waals surface area contributed by atoms with E-state index in [9.17, 15) is 13.2 Å². The van der Waals surface area contributed by atoms with Gasteiger partial charge in [0.15, 0.2) is 0 Å². The summed E-state index contributed by atoms with van der Waals surface area (Å²) in [5.74, 6) is 0.408. The summed E-state index contributed by atoms with van der Waals surface area (Å²) >= 11 is 0. The summed E-state index contributed by atoms with van der Waals surface area (Å²) in [6.07, 6.45) is -1.45. The minimum Gasteiger partial charge on any atom is -0.380 e. The van der Waals surface area contributed by atoms with Crippen LogP contribution >= 0.6 is 0 Å². The van der Waals surface area contributed by atoms with E-state index in [2.05, 4.69) is 10.4 Å². The first-order valence-electron chi connectivity index (χ1n) is 5.13. The number of nitrogens with one attached hydrogen (secondary N) is 1. The topological polar surface area (TPSA) is 29.9 Å². The molecule has 1 N–H and O–H groups in total. The Morgan fingerprint density at radius 1 is 1.38 bits per heavy atom. The maximum absolute atomic E-state index is 12.1. The van der Waals surface area contributed by atoms with Crippen molar-refractivity contribution in [1.29, 1.82) is 0 Å². The average Bonchev–Trinajstić information content (AvgIpc) is 2.49. The van der Waals surface area contributed by atoms with Gasteiger partial charge in [0.25, 0.3) is 0 Å². The number of rotatable bonds is 4. The predicted molar refractivity (Wildman–Crippen MR) is 56.2 cm³/mol. The Labute approximate surface area is 92.6 Å². The molecule has 92 valence electrons.